The van der Waals surface area contributed by atoms with Gasteiger partial charge in [-0.15, -0.1) is 0 Å². The Labute approximate surface area is 141 Å². The fourth-order valence-electron chi connectivity index (χ4n) is 2.18. The van der Waals surface area contributed by atoms with E-state index in [0.717, 1.165) is 29.7 Å². The third-order valence-electron chi connectivity index (χ3n) is 3.40. The maximum absolute atomic E-state index is 11.9. The van der Waals surface area contributed by atoms with Crippen LogP contribution in [-0.4, -0.2) is 22.4 Å². The van der Waals surface area contributed by atoms with Crippen molar-refractivity contribution in [2.24, 2.45) is 0 Å². The minimum atomic E-state index is -0.158. The smallest absolute Gasteiger partial charge is 0.254 e. The molecule has 0 atom stereocenters. The normalized spacial score (nSPS) is 10.4. The Hall–Kier alpha value is -2.14. The molecule has 0 bridgehead atoms. The molecular formula is C17H21ClN4O. The van der Waals surface area contributed by atoms with E-state index in [9.17, 15) is 4.79 Å². The first-order valence-corrected chi connectivity index (χ1v) is 8.03. The highest BCUT2D eigenvalue weighted by Gasteiger charge is 2.09. The number of aryl methyl sites for hydroxylation is 2. The van der Waals surface area contributed by atoms with Gasteiger partial charge in [-0.1, -0.05) is 31.0 Å². The summed E-state index contributed by atoms with van der Waals surface area (Å²) in [5.74, 6) is 0.249. The summed E-state index contributed by atoms with van der Waals surface area (Å²) >= 11 is 6.26. The number of carbonyl (C=O) groups excluding carboxylic acids is 1. The number of nitrogens with one attached hydrogen (secondary N) is 2. The number of aromatic nitrogens is 2. The number of amides is 1. The summed E-state index contributed by atoms with van der Waals surface area (Å²) in [4.78, 5) is 20.3. The van der Waals surface area contributed by atoms with Gasteiger partial charge in [0.25, 0.3) is 5.91 Å². The van der Waals surface area contributed by atoms with Gasteiger partial charge in [0.1, 0.15) is 0 Å². The van der Waals surface area contributed by atoms with Gasteiger partial charge in [-0.25, -0.2) is 9.97 Å². The molecule has 0 unspecified atom stereocenters. The zero-order valence-corrected chi connectivity index (χ0v) is 14.4. The number of hydrogen-bond donors (Lipinski definition) is 2. The summed E-state index contributed by atoms with van der Waals surface area (Å²) in [6.45, 7) is 6.70. The summed E-state index contributed by atoms with van der Waals surface area (Å²) < 4.78 is 0. The van der Waals surface area contributed by atoms with Gasteiger partial charge < -0.3 is 10.6 Å². The Kier molecular flexibility index (Phi) is 5.93. The second-order valence-corrected chi connectivity index (χ2v) is 5.88. The van der Waals surface area contributed by atoms with Crippen LogP contribution < -0.4 is 10.6 Å². The summed E-state index contributed by atoms with van der Waals surface area (Å²) in [5, 5.41) is 6.55. The van der Waals surface area contributed by atoms with Crippen molar-refractivity contribution in [1.82, 2.24) is 15.3 Å². The van der Waals surface area contributed by atoms with Crippen molar-refractivity contribution in [2.45, 2.75) is 33.6 Å². The van der Waals surface area contributed by atoms with Crippen LogP contribution in [0.5, 0.6) is 0 Å². The average molecular weight is 333 g/mol. The molecular weight excluding hydrogens is 312 g/mol. The van der Waals surface area contributed by atoms with Crippen LogP contribution in [0.25, 0.3) is 0 Å². The molecule has 122 valence electrons. The SMILES string of the molecule is CCCCNC(=O)c1cnc(Nc2c(C)cc(C)cc2Cl)nc1. The molecule has 1 aromatic carbocycles. The maximum atomic E-state index is 11.9. The van der Waals surface area contributed by atoms with E-state index < -0.39 is 0 Å². The lowest BCUT2D eigenvalue weighted by molar-refractivity contribution is 0.0952. The Morgan fingerprint density at radius 1 is 1.22 bits per heavy atom. The van der Waals surface area contributed by atoms with Crippen molar-refractivity contribution < 1.29 is 4.79 Å². The first-order valence-electron chi connectivity index (χ1n) is 7.65. The average Bonchev–Trinajstić information content (AvgIpc) is 2.51. The Balaban J connectivity index is 2.07. The van der Waals surface area contributed by atoms with Crippen LogP contribution in [0, 0.1) is 13.8 Å². The molecule has 2 aromatic rings. The third-order valence-corrected chi connectivity index (χ3v) is 3.70. The monoisotopic (exact) mass is 332 g/mol. The number of hydrogen-bond acceptors (Lipinski definition) is 4. The molecule has 1 amide bonds. The van der Waals surface area contributed by atoms with E-state index in [0.29, 0.717) is 23.1 Å². The number of anilines is 2. The zero-order valence-electron chi connectivity index (χ0n) is 13.6. The van der Waals surface area contributed by atoms with Gasteiger partial charge in [-0.2, -0.15) is 0 Å². The van der Waals surface area contributed by atoms with Gasteiger partial charge in [-0.05, 0) is 37.5 Å². The van der Waals surface area contributed by atoms with E-state index in [1.165, 1.54) is 12.4 Å². The van der Waals surface area contributed by atoms with Crippen LogP contribution in [0.2, 0.25) is 5.02 Å². The lowest BCUT2D eigenvalue weighted by atomic mass is 10.1. The largest absolute Gasteiger partial charge is 0.352 e. The van der Waals surface area contributed by atoms with Gasteiger partial charge >= 0.3 is 0 Å². The first kappa shape index (κ1) is 17.2. The zero-order chi connectivity index (χ0) is 16.8. The minimum Gasteiger partial charge on any atom is -0.352 e. The molecule has 0 aliphatic rings. The van der Waals surface area contributed by atoms with Crippen molar-refractivity contribution in [3.63, 3.8) is 0 Å². The number of nitrogens with zero attached hydrogens (tertiary/aromatic N) is 2. The van der Waals surface area contributed by atoms with Crippen molar-refractivity contribution in [1.29, 1.82) is 0 Å². The Morgan fingerprint density at radius 2 is 1.91 bits per heavy atom. The molecule has 0 fully saturated rings. The van der Waals surface area contributed by atoms with Crippen LogP contribution in [0.4, 0.5) is 11.6 Å². The van der Waals surface area contributed by atoms with Crippen LogP contribution in [-0.2, 0) is 0 Å². The van der Waals surface area contributed by atoms with Crippen LogP contribution in [0.1, 0.15) is 41.3 Å². The van der Waals surface area contributed by atoms with Crippen molar-refractivity contribution in [2.75, 3.05) is 11.9 Å². The summed E-state index contributed by atoms with van der Waals surface area (Å²) in [5.41, 5.74) is 3.33. The quantitative estimate of drug-likeness (QED) is 0.784. The molecule has 0 saturated carbocycles. The summed E-state index contributed by atoms with van der Waals surface area (Å²) in [7, 11) is 0. The minimum absolute atomic E-state index is 0.158. The molecule has 1 heterocycles. The molecule has 1 aromatic heterocycles. The molecule has 5 nitrogen and oxygen atoms in total. The van der Waals surface area contributed by atoms with E-state index >= 15 is 0 Å². The maximum Gasteiger partial charge on any atom is 0.254 e. The molecule has 23 heavy (non-hydrogen) atoms. The van der Waals surface area contributed by atoms with Gasteiger partial charge in [-0.3, -0.25) is 4.79 Å². The second-order valence-electron chi connectivity index (χ2n) is 5.47. The third kappa shape index (κ3) is 4.66. The van der Waals surface area contributed by atoms with Gasteiger partial charge in [0, 0.05) is 18.9 Å². The van der Waals surface area contributed by atoms with E-state index in [1.54, 1.807) is 0 Å². The molecule has 2 rings (SSSR count). The van der Waals surface area contributed by atoms with E-state index in [-0.39, 0.29) is 5.91 Å². The van der Waals surface area contributed by atoms with Crippen molar-refractivity contribution >= 4 is 29.1 Å². The number of carbonyl (C=O) groups is 1. The molecule has 0 aliphatic heterocycles. The number of benzene rings is 1. The second kappa shape index (κ2) is 7.92. The highest BCUT2D eigenvalue weighted by molar-refractivity contribution is 6.33. The lowest BCUT2D eigenvalue weighted by Crippen LogP contribution is -2.24. The number of unbranched alkanes of at least 4 members (excludes halogenated alkanes) is 1. The molecule has 0 aliphatic carbocycles. The number of rotatable bonds is 6. The summed E-state index contributed by atoms with van der Waals surface area (Å²) in [6, 6.07) is 3.91. The first-order chi connectivity index (χ1) is 11.0. The Bertz CT molecular complexity index is 662. The fourth-order valence-corrected chi connectivity index (χ4v) is 2.54. The highest BCUT2D eigenvalue weighted by Crippen LogP contribution is 2.29. The van der Waals surface area contributed by atoms with Gasteiger partial charge in [0.15, 0.2) is 0 Å². The van der Waals surface area contributed by atoms with Gasteiger partial charge in [0.05, 0.1) is 16.3 Å². The standard InChI is InChI=1S/C17H21ClN4O/c1-4-5-6-19-16(23)13-9-20-17(21-10-13)22-15-12(3)7-11(2)8-14(15)18/h7-10H,4-6H2,1-3H3,(H,19,23)(H,20,21,22). The topological polar surface area (TPSA) is 66.9 Å². The van der Waals surface area contributed by atoms with E-state index in [4.69, 9.17) is 11.6 Å². The van der Waals surface area contributed by atoms with Crippen LogP contribution >= 0.6 is 11.6 Å². The molecule has 6 heteroatoms. The molecule has 0 spiro atoms. The van der Waals surface area contributed by atoms with Gasteiger partial charge in [0.2, 0.25) is 5.95 Å². The summed E-state index contributed by atoms with van der Waals surface area (Å²) in [6.07, 6.45) is 5.01. The molecule has 0 radical (unpaired) electrons. The van der Waals surface area contributed by atoms with Crippen LogP contribution in [0.3, 0.4) is 0 Å². The fraction of sp³-hybridized carbons (Fsp3) is 0.353. The van der Waals surface area contributed by atoms with E-state index in [2.05, 4.69) is 27.5 Å². The van der Waals surface area contributed by atoms with Crippen molar-refractivity contribution in [3.05, 3.63) is 46.2 Å². The number of halogens is 1. The highest BCUT2D eigenvalue weighted by atomic mass is 35.5. The predicted molar refractivity (Wildman–Crippen MR) is 93.5 cm³/mol. The molecule has 0 saturated heterocycles. The lowest BCUT2D eigenvalue weighted by Gasteiger charge is -2.11. The predicted octanol–water partition coefficient (Wildman–Crippen LogP) is 4.02. The van der Waals surface area contributed by atoms with Crippen LogP contribution in [0.15, 0.2) is 24.5 Å². The molecule has 2 N–H and O–H groups in total. The Morgan fingerprint density at radius 3 is 2.52 bits per heavy atom. The van der Waals surface area contributed by atoms with Crippen molar-refractivity contribution in [3.8, 4) is 0 Å². The van der Waals surface area contributed by atoms with E-state index in [1.807, 2.05) is 26.0 Å².